The first-order valence-corrected chi connectivity index (χ1v) is 9.23. The van der Waals surface area contributed by atoms with E-state index in [4.69, 9.17) is 0 Å². The molecular weight excluding hydrogens is 324 g/mol. The molecule has 1 aliphatic heterocycles. The van der Waals surface area contributed by atoms with Crippen LogP contribution in [0, 0.1) is 5.92 Å². The fraction of sp³-hybridized carbons (Fsp3) is 0.273. The maximum atomic E-state index is 13.0. The third-order valence-corrected chi connectivity index (χ3v) is 5.50. The molecule has 5 rings (SSSR count). The van der Waals surface area contributed by atoms with Crippen molar-refractivity contribution in [3.8, 4) is 0 Å². The summed E-state index contributed by atoms with van der Waals surface area (Å²) in [6.45, 7) is 0.984. The van der Waals surface area contributed by atoms with Crippen LogP contribution in [-0.2, 0) is 17.8 Å². The Morgan fingerprint density at radius 1 is 1.00 bits per heavy atom. The van der Waals surface area contributed by atoms with Crippen LogP contribution in [0.1, 0.15) is 28.8 Å². The average molecular weight is 344 g/mol. The predicted molar refractivity (Wildman–Crippen MR) is 101 cm³/mol. The zero-order valence-electron chi connectivity index (χ0n) is 14.5. The SMILES string of the molecule is O=C(c1cn(CC(=O)N2CCc3ccccc32)c2ccccc12)C1CC1. The summed E-state index contributed by atoms with van der Waals surface area (Å²) in [6.07, 6.45) is 4.76. The minimum Gasteiger partial charge on any atom is -0.337 e. The lowest BCUT2D eigenvalue weighted by Gasteiger charge is -2.18. The Morgan fingerprint density at radius 2 is 1.77 bits per heavy atom. The summed E-state index contributed by atoms with van der Waals surface area (Å²) in [4.78, 5) is 27.5. The molecule has 4 heteroatoms. The van der Waals surface area contributed by atoms with Crippen molar-refractivity contribution in [1.82, 2.24) is 4.57 Å². The summed E-state index contributed by atoms with van der Waals surface area (Å²) in [7, 11) is 0. The number of fused-ring (bicyclic) bond motifs is 2. The molecule has 1 amide bonds. The van der Waals surface area contributed by atoms with Crippen LogP contribution in [0.4, 0.5) is 5.69 Å². The highest BCUT2D eigenvalue weighted by Crippen LogP contribution is 2.35. The minimum atomic E-state index is 0.0705. The third-order valence-electron chi connectivity index (χ3n) is 5.50. The van der Waals surface area contributed by atoms with Gasteiger partial charge in [-0.15, -0.1) is 0 Å². The molecule has 0 bridgehead atoms. The maximum Gasteiger partial charge on any atom is 0.246 e. The van der Waals surface area contributed by atoms with E-state index in [0.717, 1.165) is 48.0 Å². The number of benzene rings is 2. The number of carbonyl (C=O) groups excluding carboxylic acids is 2. The largest absolute Gasteiger partial charge is 0.337 e. The predicted octanol–water partition coefficient (Wildman–Crippen LogP) is 3.82. The maximum absolute atomic E-state index is 13.0. The smallest absolute Gasteiger partial charge is 0.246 e. The van der Waals surface area contributed by atoms with Gasteiger partial charge in [-0.1, -0.05) is 36.4 Å². The molecule has 1 aliphatic carbocycles. The fourth-order valence-corrected chi connectivity index (χ4v) is 3.97. The van der Waals surface area contributed by atoms with Gasteiger partial charge in [0.05, 0.1) is 0 Å². The topological polar surface area (TPSA) is 42.3 Å². The Kier molecular flexibility index (Phi) is 3.45. The molecule has 4 nitrogen and oxygen atoms in total. The highest BCUT2D eigenvalue weighted by molar-refractivity contribution is 6.10. The molecule has 2 heterocycles. The molecule has 130 valence electrons. The van der Waals surface area contributed by atoms with Crippen LogP contribution >= 0.6 is 0 Å². The van der Waals surface area contributed by atoms with Crippen molar-refractivity contribution in [2.45, 2.75) is 25.8 Å². The number of hydrogen-bond donors (Lipinski definition) is 0. The number of amides is 1. The van der Waals surface area contributed by atoms with Gasteiger partial charge in [0, 0.05) is 40.8 Å². The first-order chi connectivity index (χ1) is 12.7. The summed E-state index contributed by atoms with van der Waals surface area (Å²) in [5.74, 6) is 0.468. The van der Waals surface area contributed by atoms with E-state index in [1.807, 2.05) is 58.1 Å². The highest BCUT2D eigenvalue weighted by atomic mass is 16.2. The molecule has 2 aliphatic rings. The average Bonchev–Trinajstić information content (AvgIpc) is 3.33. The van der Waals surface area contributed by atoms with Gasteiger partial charge in [0.15, 0.2) is 5.78 Å². The van der Waals surface area contributed by atoms with E-state index in [9.17, 15) is 9.59 Å². The zero-order valence-corrected chi connectivity index (χ0v) is 14.5. The molecule has 0 atom stereocenters. The minimum absolute atomic E-state index is 0.0705. The Bertz CT molecular complexity index is 1030. The second-order valence-electron chi connectivity index (χ2n) is 7.25. The molecular formula is C22H20N2O2. The first kappa shape index (κ1) is 15.4. The van der Waals surface area contributed by atoms with E-state index in [-0.39, 0.29) is 24.2 Å². The zero-order chi connectivity index (χ0) is 17.7. The number of para-hydroxylation sites is 2. The third kappa shape index (κ3) is 2.45. The van der Waals surface area contributed by atoms with E-state index in [1.54, 1.807) is 0 Å². The second kappa shape index (κ2) is 5.84. The van der Waals surface area contributed by atoms with Gasteiger partial charge in [-0.25, -0.2) is 0 Å². The van der Waals surface area contributed by atoms with E-state index >= 15 is 0 Å². The number of carbonyl (C=O) groups is 2. The summed E-state index contributed by atoms with van der Waals surface area (Å²) < 4.78 is 1.94. The Morgan fingerprint density at radius 3 is 2.62 bits per heavy atom. The van der Waals surface area contributed by atoms with Crippen molar-refractivity contribution in [2.75, 3.05) is 11.4 Å². The van der Waals surface area contributed by atoms with Crippen LogP contribution in [0.15, 0.2) is 54.7 Å². The van der Waals surface area contributed by atoms with E-state index in [1.165, 1.54) is 5.56 Å². The molecule has 2 aromatic carbocycles. The molecule has 1 saturated carbocycles. The van der Waals surface area contributed by atoms with Gasteiger partial charge in [0.1, 0.15) is 6.54 Å². The van der Waals surface area contributed by atoms with Crippen molar-refractivity contribution >= 4 is 28.3 Å². The number of Topliss-reactive ketones (excluding diaryl/α,β-unsaturated/α-hetero) is 1. The number of aromatic nitrogens is 1. The van der Waals surface area contributed by atoms with Crippen molar-refractivity contribution < 1.29 is 9.59 Å². The second-order valence-corrected chi connectivity index (χ2v) is 7.25. The number of hydrogen-bond acceptors (Lipinski definition) is 2. The molecule has 26 heavy (non-hydrogen) atoms. The van der Waals surface area contributed by atoms with Crippen molar-refractivity contribution in [2.24, 2.45) is 5.92 Å². The lowest BCUT2D eigenvalue weighted by molar-refractivity contribution is -0.119. The van der Waals surface area contributed by atoms with E-state index in [2.05, 4.69) is 6.07 Å². The fourth-order valence-electron chi connectivity index (χ4n) is 3.97. The van der Waals surface area contributed by atoms with Crippen LogP contribution in [0.5, 0.6) is 0 Å². The Labute approximate surface area is 152 Å². The lowest BCUT2D eigenvalue weighted by Crippen LogP contribution is -2.32. The van der Waals surface area contributed by atoms with Crippen LogP contribution < -0.4 is 4.90 Å². The van der Waals surface area contributed by atoms with Gasteiger partial charge in [-0.2, -0.15) is 0 Å². The highest BCUT2D eigenvalue weighted by Gasteiger charge is 2.32. The lowest BCUT2D eigenvalue weighted by atomic mass is 10.1. The van der Waals surface area contributed by atoms with Crippen LogP contribution in [0.3, 0.4) is 0 Å². The van der Waals surface area contributed by atoms with E-state index in [0.29, 0.717) is 0 Å². The number of nitrogens with zero attached hydrogens (tertiary/aromatic N) is 2. The monoisotopic (exact) mass is 344 g/mol. The van der Waals surface area contributed by atoms with Gasteiger partial charge in [-0.3, -0.25) is 9.59 Å². The molecule has 1 fully saturated rings. The molecule has 0 spiro atoms. The molecule has 3 aromatic rings. The summed E-state index contributed by atoms with van der Waals surface area (Å²) in [5, 5.41) is 0.957. The summed E-state index contributed by atoms with van der Waals surface area (Å²) >= 11 is 0. The van der Waals surface area contributed by atoms with Gasteiger partial charge in [-0.05, 0) is 37.0 Å². The van der Waals surface area contributed by atoms with Gasteiger partial charge in [0.25, 0.3) is 0 Å². The van der Waals surface area contributed by atoms with Crippen LogP contribution in [-0.4, -0.2) is 22.8 Å². The molecule has 0 N–H and O–H groups in total. The Balaban J connectivity index is 1.48. The first-order valence-electron chi connectivity index (χ1n) is 9.23. The quantitative estimate of drug-likeness (QED) is 0.675. The standard InChI is InChI=1S/C22H20N2O2/c25-21(24-12-11-15-5-1-3-7-19(15)24)14-23-13-18(22(26)16-9-10-16)17-6-2-4-8-20(17)23/h1-8,13,16H,9-12,14H2. The Hall–Kier alpha value is -2.88. The molecule has 1 aromatic heterocycles. The van der Waals surface area contributed by atoms with Crippen molar-refractivity contribution in [3.63, 3.8) is 0 Å². The van der Waals surface area contributed by atoms with Crippen LogP contribution in [0.2, 0.25) is 0 Å². The molecule has 0 unspecified atom stereocenters. The molecule has 0 saturated heterocycles. The normalized spacial score (nSPS) is 16.1. The number of rotatable bonds is 4. The summed E-state index contributed by atoms with van der Waals surface area (Å²) in [5.41, 5.74) is 3.96. The van der Waals surface area contributed by atoms with Gasteiger partial charge in [0.2, 0.25) is 5.91 Å². The van der Waals surface area contributed by atoms with Gasteiger partial charge < -0.3 is 9.47 Å². The van der Waals surface area contributed by atoms with Crippen molar-refractivity contribution in [3.05, 3.63) is 65.9 Å². The number of anilines is 1. The number of ketones is 1. The van der Waals surface area contributed by atoms with Crippen LogP contribution in [0.25, 0.3) is 10.9 Å². The van der Waals surface area contributed by atoms with Gasteiger partial charge >= 0.3 is 0 Å². The molecule has 0 radical (unpaired) electrons. The summed E-state index contributed by atoms with van der Waals surface area (Å²) in [6, 6.07) is 16.0. The van der Waals surface area contributed by atoms with E-state index < -0.39 is 0 Å². The van der Waals surface area contributed by atoms with Crippen molar-refractivity contribution in [1.29, 1.82) is 0 Å².